The highest BCUT2D eigenvalue weighted by Gasteiger charge is 2.26. The zero-order chi connectivity index (χ0) is 15.2. The van der Waals surface area contributed by atoms with Gasteiger partial charge in [-0.25, -0.2) is 0 Å². The monoisotopic (exact) mass is 314 g/mol. The maximum absolute atomic E-state index is 11.9. The molecule has 1 rings (SSSR count). The molecule has 1 atom stereocenters. The van der Waals surface area contributed by atoms with Gasteiger partial charge in [0.1, 0.15) is 5.75 Å². The van der Waals surface area contributed by atoms with Crippen LogP contribution in [-0.2, 0) is 11.3 Å². The number of amides is 1. The number of hydrogen-bond donors (Lipinski definition) is 2. The van der Waals surface area contributed by atoms with Crippen LogP contribution in [0.4, 0.5) is 0 Å². The molecule has 0 aliphatic carbocycles. The molecule has 120 valence electrons. The Balaban J connectivity index is 0.00000400. The predicted molar refractivity (Wildman–Crippen MR) is 88.8 cm³/mol. The summed E-state index contributed by atoms with van der Waals surface area (Å²) in [6.07, 6.45) is 0.989. The van der Waals surface area contributed by atoms with E-state index in [1.54, 1.807) is 0 Å². The minimum Gasteiger partial charge on any atom is -0.494 e. The molecule has 0 radical (unpaired) electrons. The summed E-state index contributed by atoms with van der Waals surface area (Å²) < 4.78 is 5.51. The van der Waals surface area contributed by atoms with E-state index in [-0.39, 0.29) is 23.7 Å². The van der Waals surface area contributed by atoms with Crippen LogP contribution in [0.1, 0.15) is 39.7 Å². The Morgan fingerprint density at radius 1 is 1.29 bits per heavy atom. The van der Waals surface area contributed by atoms with Gasteiger partial charge in [0.25, 0.3) is 0 Å². The van der Waals surface area contributed by atoms with Crippen molar-refractivity contribution in [3.63, 3.8) is 0 Å². The first-order chi connectivity index (χ1) is 9.34. The van der Waals surface area contributed by atoms with Gasteiger partial charge in [-0.15, -0.1) is 12.4 Å². The van der Waals surface area contributed by atoms with Gasteiger partial charge in [-0.1, -0.05) is 39.8 Å². The first-order valence-corrected chi connectivity index (χ1v) is 7.09. The lowest BCUT2D eigenvalue weighted by atomic mass is 9.87. The van der Waals surface area contributed by atoms with Crippen LogP contribution in [0.5, 0.6) is 5.75 Å². The van der Waals surface area contributed by atoms with Crippen molar-refractivity contribution in [1.29, 1.82) is 0 Å². The normalized spacial score (nSPS) is 12.2. The lowest BCUT2D eigenvalue weighted by Crippen LogP contribution is -2.48. The second kappa shape index (κ2) is 8.90. The molecule has 21 heavy (non-hydrogen) atoms. The molecule has 0 saturated heterocycles. The molecule has 0 spiro atoms. The fraction of sp³-hybridized carbons (Fsp3) is 0.562. The molecule has 5 heteroatoms. The topological polar surface area (TPSA) is 64.3 Å². The number of ether oxygens (including phenoxy) is 1. The molecular weight excluding hydrogens is 288 g/mol. The van der Waals surface area contributed by atoms with Gasteiger partial charge in [-0.3, -0.25) is 4.79 Å². The molecule has 3 N–H and O–H groups in total. The molecule has 0 aliphatic rings. The van der Waals surface area contributed by atoms with Crippen LogP contribution in [0, 0.1) is 5.41 Å². The zero-order valence-electron chi connectivity index (χ0n) is 13.3. The van der Waals surface area contributed by atoms with E-state index >= 15 is 0 Å². The fourth-order valence-corrected chi connectivity index (χ4v) is 1.62. The largest absolute Gasteiger partial charge is 0.494 e. The first-order valence-electron chi connectivity index (χ1n) is 7.09. The van der Waals surface area contributed by atoms with Crippen molar-refractivity contribution in [3.05, 3.63) is 29.8 Å². The van der Waals surface area contributed by atoms with E-state index < -0.39 is 6.04 Å². The van der Waals surface area contributed by atoms with Crippen molar-refractivity contribution in [2.75, 3.05) is 6.61 Å². The third kappa shape index (κ3) is 6.82. The highest BCUT2D eigenvalue weighted by atomic mass is 35.5. The summed E-state index contributed by atoms with van der Waals surface area (Å²) in [6.45, 7) is 9.14. The van der Waals surface area contributed by atoms with Crippen molar-refractivity contribution in [2.45, 2.75) is 46.7 Å². The van der Waals surface area contributed by atoms with E-state index in [2.05, 4.69) is 12.2 Å². The summed E-state index contributed by atoms with van der Waals surface area (Å²) in [5.41, 5.74) is 6.70. The van der Waals surface area contributed by atoms with E-state index in [0.717, 1.165) is 24.3 Å². The van der Waals surface area contributed by atoms with Gasteiger partial charge in [-0.2, -0.15) is 0 Å². The van der Waals surface area contributed by atoms with Gasteiger partial charge in [0.2, 0.25) is 5.91 Å². The Morgan fingerprint density at radius 3 is 2.33 bits per heavy atom. The van der Waals surface area contributed by atoms with Crippen LogP contribution in [0.2, 0.25) is 0 Å². The Bertz CT molecular complexity index is 427. The van der Waals surface area contributed by atoms with Gasteiger partial charge in [-0.05, 0) is 29.5 Å². The average Bonchev–Trinajstić information content (AvgIpc) is 2.41. The summed E-state index contributed by atoms with van der Waals surface area (Å²) in [5, 5.41) is 2.86. The van der Waals surface area contributed by atoms with Crippen LogP contribution in [0.3, 0.4) is 0 Å². The molecule has 0 aliphatic heterocycles. The molecule has 1 amide bonds. The summed E-state index contributed by atoms with van der Waals surface area (Å²) in [6, 6.07) is 7.23. The van der Waals surface area contributed by atoms with Crippen LogP contribution in [-0.4, -0.2) is 18.6 Å². The fourth-order valence-electron chi connectivity index (χ4n) is 1.62. The van der Waals surface area contributed by atoms with Crippen molar-refractivity contribution in [3.8, 4) is 5.75 Å². The number of halogens is 1. The molecule has 0 saturated carbocycles. The standard InChI is InChI=1S/C16H26N2O2.ClH/c1-5-10-20-13-8-6-12(7-9-13)11-18-15(19)14(17)16(2,3)4;/h6-9,14H,5,10-11,17H2,1-4H3,(H,18,19);1H/t14-;/m1./s1. The number of hydrogen-bond acceptors (Lipinski definition) is 3. The minimum absolute atomic E-state index is 0. The molecule has 0 unspecified atom stereocenters. The lowest BCUT2D eigenvalue weighted by Gasteiger charge is -2.25. The molecule has 0 aromatic heterocycles. The number of carbonyl (C=O) groups is 1. The molecule has 0 heterocycles. The van der Waals surface area contributed by atoms with E-state index in [4.69, 9.17) is 10.5 Å². The number of carbonyl (C=O) groups excluding carboxylic acids is 1. The maximum atomic E-state index is 11.9. The third-order valence-corrected chi connectivity index (χ3v) is 3.08. The smallest absolute Gasteiger partial charge is 0.237 e. The Labute approximate surface area is 133 Å². The van der Waals surface area contributed by atoms with E-state index in [1.807, 2.05) is 45.0 Å². The highest BCUT2D eigenvalue weighted by Crippen LogP contribution is 2.17. The molecule has 4 nitrogen and oxygen atoms in total. The van der Waals surface area contributed by atoms with Crippen molar-refractivity contribution < 1.29 is 9.53 Å². The van der Waals surface area contributed by atoms with Crippen LogP contribution in [0.15, 0.2) is 24.3 Å². The number of rotatable bonds is 6. The number of nitrogens with two attached hydrogens (primary N) is 1. The number of benzene rings is 1. The van der Waals surface area contributed by atoms with Crippen LogP contribution >= 0.6 is 12.4 Å². The molecule has 0 bridgehead atoms. The summed E-state index contributed by atoms with van der Waals surface area (Å²) in [4.78, 5) is 11.9. The Kier molecular flexibility index (Phi) is 8.37. The van der Waals surface area contributed by atoms with Gasteiger partial charge >= 0.3 is 0 Å². The highest BCUT2D eigenvalue weighted by molar-refractivity contribution is 5.85. The van der Waals surface area contributed by atoms with Gasteiger partial charge in [0.05, 0.1) is 12.6 Å². The molecule has 1 aromatic rings. The Hall–Kier alpha value is -1.26. The second-order valence-electron chi connectivity index (χ2n) is 6.05. The van der Waals surface area contributed by atoms with E-state index in [9.17, 15) is 4.79 Å². The quantitative estimate of drug-likeness (QED) is 0.848. The van der Waals surface area contributed by atoms with Gasteiger partial charge < -0.3 is 15.8 Å². The summed E-state index contributed by atoms with van der Waals surface area (Å²) in [5.74, 6) is 0.733. The molecular formula is C16H27ClN2O2. The van der Waals surface area contributed by atoms with Crippen molar-refractivity contribution >= 4 is 18.3 Å². The zero-order valence-corrected chi connectivity index (χ0v) is 14.1. The van der Waals surface area contributed by atoms with Gasteiger partial charge in [0.15, 0.2) is 0 Å². The average molecular weight is 315 g/mol. The van der Waals surface area contributed by atoms with E-state index in [0.29, 0.717) is 6.54 Å². The number of nitrogens with one attached hydrogen (secondary N) is 1. The van der Waals surface area contributed by atoms with Crippen LogP contribution in [0.25, 0.3) is 0 Å². The lowest BCUT2D eigenvalue weighted by molar-refractivity contribution is -0.124. The van der Waals surface area contributed by atoms with Gasteiger partial charge in [0, 0.05) is 6.54 Å². The van der Waals surface area contributed by atoms with Crippen molar-refractivity contribution in [1.82, 2.24) is 5.32 Å². The third-order valence-electron chi connectivity index (χ3n) is 3.08. The predicted octanol–water partition coefficient (Wildman–Crippen LogP) is 2.89. The Morgan fingerprint density at radius 2 is 1.86 bits per heavy atom. The minimum atomic E-state index is -0.505. The maximum Gasteiger partial charge on any atom is 0.237 e. The van der Waals surface area contributed by atoms with Crippen molar-refractivity contribution in [2.24, 2.45) is 11.1 Å². The first kappa shape index (κ1) is 19.7. The van der Waals surface area contributed by atoms with E-state index in [1.165, 1.54) is 0 Å². The SMILES string of the molecule is CCCOc1ccc(CNC(=O)[C@@H](N)C(C)(C)C)cc1.Cl. The summed E-state index contributed by atoms with van der Waals surface area (Å²) >= 11 is 0. The molecule has 0 fully saturated rings. The van der Waals surface area contributed by atoms with Crippen LogP contribution < -0.4 is 15.8 Å². The summed E-state index contributed by atoms with van der Waals surface area (Å²) in [7, 11) is 0. The second-order valence-corrected chi connectivity index (χ2v) is 6.05. The molecule has 1 aromatic carbocycles.